The molecule has 0 unspecified atom stereocenters. The van der Waals surface area contributed by atoms with Crippen molar-refractivity contribution < 1.29 is 27.5 Å². The van der Waals surface area contributed by atoms with Crippen LogP contribution in [-0.2, 0) is 4.79 Å². The summed E-state index contributed by atoms with van der Waals surface area (Å²) in [5, 5.41) is 2.60. The molecule has 27 heavy (non-hydrogen) atoms. The van der Waals surface area contributed by atoms with Crippen LogP contribution in [0.4, 0.5) is 19.0 Å². The second kappa shape index (κ2) is 7.22. The van der Waals surface area contributed by atoms with Gasteiger partial charge in [0.2, 0.25) is 11.8 Å². The second-order valence-corrected chi connectivity index (χ2v) is 5.99. The van der Waals surface area contributed by atoms with Crippen LogP contribution in [0, 0.1) is 5.92 Å². The highest BCUT2D eigenvalue weighted by molar-refractivity contribution is 6.06. The number of nitrogens with zero attached hydrogens (tertiary/aromatic N) is 2. The van der Waals surface area contributed by atoms with Gasteiger partial charge in [0.1, 0.15) is 11.6 Å². The van der Waals surface area contributed by atoms with Crippen LogP contribution < -0.4 is 15.8 Å². The first-order valence-corrected chi connectivity index (χ1v) is 8.00. The number of rotatable bonds is 6. The van der Waals surface area contributed by atoms with Crippen molar-refractivity contribution in [3.8, 4) is 16.9 Å². The summed E-state index contributed by atoms with van der Waals surface area (Å²) in [4.78, 5) is 31.9. The molecule has 0 bridgehead atoms. The highest BCUT2D eigenvalue weighted by atomic mass is 19.4. The molecule has 3 rings (SSSR count). The summed E-state index contributed by atoms with van der Waals surface area (Å²) in [5.74, 6) is -1.42. The standard InChI is InChI=1S/C17H15F3N4O3/c18-17(19,20)8-27-12-4-5-22-7-11(12)13-10(14(21)25)3-6-23-15(13)24-16(26)9-1-2-9/h3-7,9H,1-2,8H2,(H2,21,25)(H,23,24,26). The van der Waals surface area contributed by atoms with Crippen molar-refractivity contribution in [2.75, 3.05) is 11.9 Å². The van der Waals surface area contributed by atoms with Gasteiger partial charge in [-0.2, -0.15) is 13.2 Å². The Labute approximate surface area is 151 Å². The van der Waals surface area contributed by atoms with Gasteiger partial charge in [0.15, 0.2) is 6.61 Å². The highest BCUT2D eigenvalue weighted by Crippen LogP contribution is 2.38. The van der Waals surface area contributed by atoms with Crippen LogP contribution in [-0.4, -0.2) is 34.6 Å². The summed E-state index contributed by atoms with van der Waals surface area (Å²) in [7, 11) is 0. The zero-order valence-corrected chi connectivity index (χ0v) is 13.9. The number of primary amides is 1. The van der Waals surface area contributed by atoms with Gasteiger partial charge in [-0.3, -0.25) is 14.6 Å². The van der Waals surface area contributed by atoms with Gasteiger partial charge in [-0.1, -0.05) is 0 Å². The number of aromatic nitrogens is 2. The number of hydrogen-bond acceptors (Lipinski definition) is 5. The monoisotopic (exact) mass is 380 g/mol. The van der Waals surface area contributed by atoms with E-state index in [2.05, 4.69) is 15.3 Å². The summed E-state index contributed by atoms with van der Waals surface area (Å²) in [6.45, 7) is -1.53. The maximum atomic E-state index is 12.5. The van der Waals surface area contributed by atoms with Crippen molar-refractivity contribution in [1.29, 1.82) is 0 Å². The van der Waals surface area contributed by atoms with Gasteiger partial charge in [-0.05, 0) is 25.0 Å². The lowest BCUT2D eigenvalue weighted by Crippen LogP contribution is -2.20. The van der Waals surface area contributed by atoms with Gasteiger partial charge in [-0.15, -0.1) is 0 Å². The van der Waals surface area contributed by atoms with Crippen LogP contribution in [0.1, 0.15) is 23.2 Å². The van der Waals surface area contributed by atoms with Gasteiger partial charge in [0, 0.05) is 35.6 Å². The average Bonchev–Trinajstić information content (AvgIpc) is 3.44. The molecule has 142 valence electrons. The van der Waals surface area contributed by atoms with Crippen molar-refractivity contribution in [1.82, 2.24) is 9.97 Å². The van der Waals surface area contributed by atoms with E-state index in [1.165, 1.54) is 30.7 Å². The fraction of sp³-hybridized carbons (Fsp3) is 0.294. The van der Waals surface area contributed by atoms with E-state index in [1.54, 1.807) is 0 Å². The van der Waals surface area contributed by atoms with Gasteiger partial charge in [0.05, 0.1) is 5.56 Å². The number of amides is 2. The van der Waals surface area contributed by atoms with E-state index in [-0.39, 0.29) is 40.1 Å². The molecular formula is C17H15F3N4O3. The molecule has 0 aromatic carbocycles. The summed E-state index contributed by atoms with van der Waals surface area (Å²) < 4.78 is 42.5. The lowest BCUT2D eigenvalue weighted by Gasteiger charge is -2.17. The molecule has 2 aromatic rings. The number of carbonyl (C=O) groups is 2. The Morgan fingerprint density at radius 1 is 1.26 bits per heavy atom. The summed E-state index contributed by atoms with van der Waals surface area (Å²) >= 11 is 0. The second-order valence-electron chi connectivity index (χ2n) is 5.99. The Balaban J connectivity index is 2.06. The quantitative estimate of drug-likeness (QED) is 0.801. The molecule has 2 amide bonds. The first-order chi connectivity index (χ1) is 12.8. The van der Waals surface area contributed by atoms with Crippen molar-refractivity contribution in [3.05, 3.63) is 36.3 Å². The SMILES string of the molecule is NC(=O)c1ccnc(NC(=O)C2CC2)c1-c1cnccc1OCC(F)(F)F. The van der Waals surface area contributed by atoms with E-state index >= 15 is 0 Å². The van der Waals surface area contributed by atoms with Crippen molar-refractivity contribution in [3.63, 3.8) is 0 Å². The molecule has 0 saturated heterocycles. The van der Waals surface area contributed by atoms with E-state index in [0.717, 1.165) is 12.8 Å². The Morgan fingerprint density at radius 3 is 2.63 bits per heavy atom. The fourth-order valence-electron chi connectivity index (χ4n) is 2.45. The van der Waals surface area contributed by atoms with Crippen LogP contribution in [0.25, 0.3) is 11.1 Å². The molecular weight excluding hydrogens is 365 g/mol. The van der Waals surface area contributed by atoms with Gasteiger partial charge in [0.25, 0.3) is 0 Å². The molecule has 7 nitrogen and oxygen atoms in total. The van der Waals surface area contributed by atoms with E-state index in [1.807, 2.05) is 0 Å². The minimum atomic E-state index is -4.55. The maximum absolute atomic E-state index is 12.5. The first-order valence-electron chi connectivity index (χ1n) is 8.00. The molecule has 1 aliphatic carbocycles. The molecule has 0 spiro atoms. The largest absolute Gasteiger partial charge is 0.483 e. The summed E-state index contributed by atoms with van der Waals surface area (Å²) in [5.41, 5.74) is 5.49. The lowest BCUT2D eigenvalue weighted by atomic mass is 10.0. The van der Waals surface area contributed by atoms with E-state index in [4.69, 9.17) is 10.5 Å². The number of pyridine rings is 2. The minimum absolute atomic E-state index is 0.00746. The minimum Gasteiger partial charge on any atom is -0.483 e. The molecule has 3 N–H and O–H groups in total. The third-order valence-corrected chi connectivity index (χ3v) is 3.85. The van der Waals surface area contributed by atoms with Crippen molar-refractivity contribution in [2.45, 2.75) is 19.0 Å². The number of nitrogens with two attached hydrogens (primary N) is 1. The first kappa shape index (κ1) is 18.6. The molecule has 10 heteroatoms. The zero-order valence-electron chi connectivity index (χ0n) is 13.9. The number of carbonyl (C=O) groups excluding carboxylic acids is 2. The molecule has 2 heterocycles. The molecule has 0 atom stereocenters. The molecule has 0 aliphatic heterocycles. The van der Waals surface area contributed by atoms with Crippen molar-refractivity contribution in [2.24, 2.45) is 11.7 Å². The van der Waals surface area contributed by atoms with Gasteiger partial charge >= 0.3 is 6.18 Å². The lowest BCUT2D eigenvalue weighted by molar-refractivity contribution is -0.153. The van der Waals surface area contributed by atoms with E-state index in [0.29, 0.717) is 0 Å². The van der Waals surface area contributed by atoms with Gasteiger partial charge in [-0.25, -0.2) is 4.98 Å². The molecule has 0 radical (unpaired) electrons. The fourth-order valence-corrected chi connectivity index (χ4v) is 2.45. The van der Waals surface area contributed by atoms with Crippen LogP contribution in [0.2, 0.25) is 0 Å². The van der Waals surface area contributed by atoms with Crippen molar-refractivity contribution >= 4 is 17.6 Å². The number of alkyl halides is 3. The van der Waals surface area contributed by atoms with E-state index < -0.39 is 18.7 Å². The van der Waals surface area contributed by atoms with E-state index in [9.17, 15) is 22.8 Å². The third kappa shape index (κ3) is 4.52. The van der Waals surface area contributed by atoms with Crippen LogP contribution in [0.3, 0.4) is 0 Å². The maximum Gasteiger partial charge on any atom is 0.422 e. The topological polar surface area (TPSA) is 107 Å². The summed E-state index contributed by atoms with van der Waals surface area (Å²) in [6.07, 6.45) is 0.677. The Morgan fingerprint density at radius 2 is 2.00 bits per heavy atom. The number of nitrogens with one attached hydrogen (secondary N) is 1. The molecule has 1 fully saturated rings. The third-order valence-electron chi connectivity index (χ3n) is 3.85. The van der Waals surface area contributed by atoms with Crippen LogP contribution in [0.15, 0.2) is 30.7 Å². The number of halogens is 3. The normalized spacial score (nSPS) is 13.9. The highest BCUT2D eigenvalue weighted by Gasteiger charge is 2.32. The van der Waals surface area contributed by atoms with Crippen LogP contribution >= 0.6 is 0 Å². The zero-order chi connectivity index (χ0) is 19.6. The Hall–Kier alpha value is -3.17. The molecule has 1 saturated carbocycles. The summed E-state index contributed by atoms with van der Waals surface area (Å²) in [6, 6.07) is 2.54. The predicted molar refractivity (Wildman–Crippen MR) is 88.9 cm³/mol. The Kier molecular flexibility index (Phi) is 4.98. The Bertz CT molecular complexity index is 882. The van der Waals surface area contributed by atoms with Crippen LogP contribution in [0.5, 0.6) is 5.75 Å². The number of anilines is 1. The smallest absolute Gasteiger partial charge is 0.422 e. The number of hydrogen-bond donors (Lipinski definition) is 2. The molecule has 2 aromatic heterocycles. The van der Waals surface area contributed by atoms with Gasteiger partial charge < -0.3 is 15.8 Å². The average molecular weight is 380 g/mol. The number of ether oxygens (including phenoxy) is 1. The molecule has 1 aliphatic rings. The predicted octanol–water partition coefficient (Wildman–Crippen LogP) is 2.53.